The second-order valence-corrected chi connectivity index (χ2v) is 4.15. The molecule has 0 saturated heterocycles. The minimum atomic E-state index is 0.0919. The van der Waals surface area contributed by atoms with Gasteiger partial charge in [-0.3, -0.25) is 4.57 Å². The minimum Gasteiger partial charge on any atom is -0.506 e. The van der Waals surface area contributed by atoms with Crippen LogP contribution >= 0.6 is 0 Å². The Morgan fingerprint density at radius 2 is 2.00 bits per heavy atom. The van der Waals surface area contributed by atoms with Crippen molar-refractivity contribution in [2.75, 3.05) is 12.8 Å². The number of imidazole rings is 1. The van der Waals surface area contributed by atoms with E-state index in [-0.39, 0.29) is 5.75 Å². The summed E-state index contributed by atoms with van der Waals surface area (Å²) in [6.45, 7) is 0. The molecule has 0 atom stereocenters. The highest BCUT2D eigenvalue weighted by molar-refractivity contribution is 5.81. The molecule has 3 aromatic rings. The molecular formula is C14H13N3O2. The number of aromatic nitrogens is 2. The average Bonchev–Trinajstić information content (AvgIpc) is 2.75. The fraction of sp³-hybridized carbons (Fsp3) is 0.0714. The van der Waals surface area contributed by atoms with Gasteiger partial charge < -0.3 is 15.6 Å². The van der Waals surface area contributed by atoms with Gasteiger partial charge in [0.15, 0.2) is 0 Å². The molecule has 0 unspecified atom stereocenters. The molecule has 5 nitrogen and oxygen atoms in total. The Kier molecular flexibility index (Phi) is 2.52. The Hall–Kier alpha value is -2.69. The molecule has 1 heterocycles. The molecule has 0 fully saturated rings. The number of benzene rings is 2. The summed E-state index contributed by atoms with van der Waals surface area (Å²) in [4.78, 5) is 4.27. The van der Waals surface area contributed by atoms with Crippen molar-refractivity contribution >= 4 is 17.0 Å². The van der Waals surface area contributed by atoms with E-state index >= 15 is 0 Å². The van der Waals surface area contributed by atoms with Crippen molar-refractivity contribution in [1.29, 1.82) is 0 Å². The Bertz CT molecular complexity index is 750. The number of phenolic OH excluding ortho intramolecular Hbond substituents is 1. The molecule has 2 aromatic carbocycles. The van der Waals surface area contributed by atoms with Crippen LogP contribution in [0.15, 0.2) is 42.5 Å². The number of hydrogen-bond acceptors (Lipinski definition) is 4. The number of ether oxygens (including phenoxy) is 1. The molecule has 0 aliphatic heterocycles. The van der Waals surface area contributed by atoms with E-state index in [4.69, 9.17) is 10.5 Å². The molecule has 19 heavy (non-hydrogen) atoms. The maximum Gasteiger partial charge on any atom is 0.206 e. The summed E-state index contributed by atoms with van der Waals surface area (Å²) in [5.74, 6) is 1.01. The van der Waals surface area contributed by atoms with E-state index in [9.17, 15) is 5.11 Å². The van der Waals surface area contributed by atoms with Crippen molar-refractivity contribution in [2.24, 2.45) is 0 Å². The first kappa shape index (κ1) is 11.4. The molecule has 3 N–H and O–H groups in total. The predicted molar refractivity (Wildman–Crippen MR) is 73.7 cm³/mol. The second kappa shape index (κ2) is 4.20. The average molecular weight is 255 g/mol. The van der Waals surface area contributed by atoms with E-state index in [1.54, 1.807) is 29.9 Å². The van der Waals surface area contributed by atoms with Gasteiger partial charge in [-0.15, -0.1) is 0 Å². The zero-order valence-corrected chi connectivity index (χ0v) is 10.4. The number of methoxy groups -OCH3 is 1. The normalized spacial score (nSPS) is 10.8. The van der Waals surface area contributed by atoms with Gasteiger partial charge in [-0.05, 0) is 24.3 Å². The summed E-state index contributed by atoms with van der Waals surface area (Å²) in [5, 5.41) is 10.1. The lowest BCUT2D eigenvalue weighted by Gasteiger charge is -2.10. The number of rotatable bonds is 2. The van der Waals surface area contributed by atoms with Gasteiger partial charge >= 0.3 is 0 Å². The smallest absolute Gasteiger partial charge is 0.206 e. The summed E-state index contributed by atoms with van der Waals surface area (Å²) in [7, 11) is 1.55. The van der Waals surface area contributed by atoms with Crippen molar-refractivity contribution in [1.82, 2.24) is 9.55 Å². The van der Waals surface area contributed by atoms with Crippen molar-refractivity contribution < 1.29 is 9.84 Å². The van der Waals surface area contributed by atoms with Gasteiger partial charge in [-0.1, -0.05) is 12.1 Å². The van der Waals surface area contributed by atoms with Gasteiger partial charge in [0.05, 0.1) is 23.8 Å². The number of aromatic hydroxyl groups is 1. The van der Waals surface area contributed by atoms with Gasteiger partial charge in [0.25, 0.3) is 0 Å². The number of para-hydroxylation sites is 2. The molecule has 0 saturated carbocycles. The van der Waals surface area contributed by atoms with E-state index < -0.39 is 0 Å². The summed E-state index contributed by atoms with van der Waals surface area (Å²) < 4.78 is 6.78. The van der Waals surface area contributed by atoms with E-state index in [0.717, 1.165) is 11.0 Å². The molecule has 5 heteroatoms. The highest BCUT2D eigenvalue weighted by Gasteiger charge is 2.13. The predicted octanol–water partition coefficient (Wildman–Crippen LogP) is 2.32. The van der Waals surface area contributed by atoms with Crippen LogP contribution in [0, 0.1) is 0 Å². The third-order valence-electron chi connectivity index (χ3n) is 3.01. The highest BCUT2D eigenvalue weighted by atomic mass is 16.5. The molecule has 0 aliphatic carbocycles. The molecule has 0 amide bonds. The first-order valence-corrected chi connectivity index (χ1v) is 5.81. The number of nitrogens with two attached hydrogens (primary N) is 1. The molecule has 96 valence electrons. The fourth-order valence-electron chi connectivity index (χ4n) is 2.12. The van der Waals surface area contributed by atoms with Gasteiger partial charge in [-0.2, -0.15) is 0 Å². The van der Waals surface area contributed by atoms with Crippen LogP contribution in [0.3, 0.4) is 0 Å². The third kappa shape index (κ3) is 1.76. The summed E-state index contributed by atoms with van der Waals surface area (Å²) in [6.07, 6.45) is 0. The van der Waals surface area contributed by atoms with Crippen molar-refractivity contribution in [3.05, 3.63) is 42.5 Å². The highest BCUT2D eigenvalue weighted by Crippen LogP contribution is 2.31. The Morgan fingerprint density at radius 1 is 1.21 bits per heavy atom. The molecule has 0 radical (unpaired) electrons. The topological polar surface area (TPSA) is 73.3 Å². The Morgan fingerprint density at radius 3 is 2.74 bits per heavy atom. The van der Waals surface area contributed by atoms with E-state index in [1.165, 1.54) is 0 Å². The lowest BCUT2D eigenvalue weighted by Crippen LogP contribution is -2.01. The SMILES string of the molecule is COc1ccc(-n2c(N)nc3ccccc32)c(O)c1. The Balaban J connectivity index is 2.27. The van der Waals surface area contributed by atoms with Gasteiger partial charge in [0.2, 0.25) is 5.95 Å². The van der Waals surface area contributed by atoms with E-state index in [0.29, 0.717) is 17.4 Å². The Labute approximate surface area is 109 Å². The van der Waals surface area contributed by atoms with Crippen LogP contribution in [0.2, 0.25) is 0 Å². The summed E-state index contributed by atoms with van der Waals surface area (Å²) in [6, 6.07) is 12.6. The van der Waals surface area contributed by atoms with Crippen LogP contribution in [0.1, 0.15) is 0 Å². The first-order valence-electron chi connectivity index (χ1n) is 5.81. The van der Waals surface area contributed by atoms with Crippen LogP contribution in [0.25, 0.3) is 16.7 Å². The standard InChI is InChI=1S/C14H13N3O2/c1-19-9-6-7-12(13(18)8-9)17-11-5-3-2-4-10(11)16-14(17)15/h2-8,18H,1H3,(H2,15,16). The van der Waals surface area contributed by atoms with E-state index in [2.05, 4.69) is 4.98 Å². The summed E-state index contributed by atoms with van der Waals surface area (Å²) >= 11 is 0. The maximum atomic E-state index is 10.1. The monoisotopic (exact) mass is 255 g/mol. The number of nitrogens with zero attached hydrogens (tertiary/aromatic N) is 2. The fourth-order valence-corrected chi connectivity index (χ4v) is 2.12. The largest absolute Gasteiger partial charge is 0.506 e. The first-order chi connectivity index (χ1) is 9.20. The quantitative estimate of drug-likeness (QED) is 0.737. The van der Waals surface area contributed by atoms with Crippen LogP contribution in [-0.4, -0.2) is 21.8 Å². The van der Waals surface area contributed by atoms with Crippen LogP contribution in [-0.2, 0) is 0 Å². The van der Waals surface area contributed by atoms with E-state index in [1.807, 2.05) is 24.3 Å². The zero-order valence-electron chi connectivity index (χ0n) is 10.4. The second-order valence-electron chi connectivity index (χ2n) is 4.15. The van der Waals surface area contributed by atoms with Crippen LogP contribution < -0.4 is 10.5 Å². The van der Waals surface area contributed by atoms with Gasteiger partial charge in [-0.25, -0.2) is 4.98 Å². The summed E-state index contributed by atoms with van der Waals surface area (Å²) in [5.41, 5.74) is 8.15. The molecule has 0 bridgehead atoms. The van der Waals surface area contributed by atoms with Crippen molar-refractivity contribution in [3.63, 3.8) is 0 Å². The third-order valence-corrected chi connectivity index (χ3v) is 3.01. The molecule has 0 aliphatic rings. The molecule has 0 spiro atoms. The number of anilines is 1. The van der Waals surface area contributed by atoms with Crippen molar-refractivity contribution in [3.8, 4) is 17.2 Å². The lowest BCUT2D eigenvalue weighted by molar-refractivity contribution is 0.407. The van der Waals surface area contributed by atoms with Crippen LogP contribution in [0.4, 0.5) is 5.95 Å². The molecular weight excluding hydrogens is 242 g/mol. The molecule has 3 rings (SSSR count). The minimum absolute atomic E-state index is 0.0919. The number of fused-ring (bicyclic) bond motifs is 1. The van der Waals surface area contributed by atoms with Gasteiger partial charge in [0, 0.05) is 6.07 Å². The lowest BCUT2D eigenvalue weighted by atomic mass is 10.2. The van der Waals surface area contributed by atoms with Crippen LogP contribution in [0.5, 0.6) is 11.5 Å². The maximum absolute atomic E-state index is 10.1. The number of phenols is 1. The molecule has 1 aromatic heterocycles. The number of hydrogen-bond donors (Lipinski definition) is 2. The number of nitrogen functional groups attached to an aromatic ring is 1. The van der Waals surface area contributed by atoms with Gasteiger partial charge in [0.1, 0.15) is 11.5 Å². The zero-order chi connectivity index (χ0) is 13.4. The van der Waals surface area contributed by atoms with Crippen molar-refractivity contribution in [2.45, 2.75) is 0 Å².